The number of aromatic nitrogens is 3. The van der Waals surface area contributed by atoms with Gasteiger partial charge >= 0.3 is 6.01 Å². The van der Waals surface area contributed by atoms with Crippen molar-refractivity contribution >= 4 is 46.2 Å². The molecule has 5 aliphatic rings. The van der Waals surface area contributed by atoms with Gasteiger partial charge in [-0.3, -0.25) is 24.3 Å². The number of piperidine rings is 1. The monoisotopic (exact) mass is 1180 g/mol. The lowest BCUT2D eigenvalue weighted by atomic mass is 9.86. The van der Waals surface area contributed by atoms with Gasteiger partial charge in [-0.05, 0) is 104 Å². The van der Waals surface area contributed by atoms with Crippen LogP contribution in [0.15, 0.2) is 72.9 Å². The lowest BCUT2D eigenvalue weighted by Crippen LogP contribution is -2.52. The van der Waals surface area contributed by atoms with E-state index in [1.165, 1.54) is 48.7 Å². The van der Waals surface area contributed by atoms with Crippen LogP contribution in [-0.4, -0.2) is 149 Å². The first-order valence-electron chi connectivity index (χ1n) is 29.0. The standard InChI is InChI=1S/C38H41F3N6O3.C15H13F2NO.C11H20N2O3/c1-3-13-49-31-9-12-46(19-30(31)40)20-38(10-11-38)21-50-37-44-35-28(36(45-37)47-17-23-6-7-24(18-47)43-23)16-42-34(33(35)41)27-15-25(48)14-22-5-8-29(39)26(4-2)32(22)27;1-10(18-9-19)11-5-7-12(8-6-11)15-13(16)3-2-4-14(15)17;1-11(2,3)9(12-7-14)10(16)13-5-4-8(15)6-13/h2,5,8,14-16,23-24,30-31,43,48H,3,6-7,9-13,17-21H2,1H3;2-10H,1H3,(H,18,19);7-9,15H,4-6H2,1-3H3,(H,12,14)/t23-,24?,30?,31?;;/m0../s1. The van der Waals surface area contributed by atoms with E-state index in [4.69, 9.17) is 20.9 Å². The number of aliphatic hydroxyl groups excluding tert-OH is 1. The topological polar surface area (TPSA) is 195 Å². The molecule has 85 heavy (non-hydrogen) atoms. The van der Waals surface area contributed by atoms with Gasteiger partial charge in [-0.1, -0.05) is 70.0 Å². The van der Waals surface area contributed by atoms with Gasteiger partial charge in [0.2, 0.25) is 18.7 Å². The number of anilines is 1. The normalized spacial score (nSPS) is 21.4. The van der Waals surface area contributed by atoms with Crippen molar-refractivity contribution in [2.75, 3.05) is 63.9 Å². The summed E-state index contributed by atoms with van der Waals surface area (Å²) in [5.41, 5.74) is 0.802. The highest BCUT2D eigenvalue weighted by Crippen LogP contribution is 2.47. The molecule has 4 saturated heterocycles. The van der Waals surface area contributed by atoms with Gasteiger partial charge < -0.3 is 45.4 Å². The number of pyridine rings is 1. The molecule has 5 fully saturated rings. The average Bonchev–Trinajstić information content (AvgIpc) is 3.89. The highest BCUT2D eigenvalue weighted by Gasteiger charge is 2.47. The first-order valence-corrected chi connectivity index (χ1v) is 29.0. The second-order valence-electron chi connectivity index (χ2n) is 24.0. The molecule has 2 aromatic heterocycles. The Morgan fingerprint density at radius 2 is 1.62 bits per heavy atom. The van der Waals surface area contributed by atoms with Crippen LogP contribution in [-0.2, 0) is 19.1 Å². The van der Waals surface area contributed by atoms with Crippen LogP contribution in [0.4, 0.5) is 27.8 Å². The Labute approximate surface area is 491 Å². The molecule has 3 amide bonds. The zero-order valence-corrected chi connectivity index (χ0v) is 48.5. The van der Waals surface area contributed by atoms with Crippen LogP contribution in [0.2, 0.25) is 0 Å². The van der Waals surface area contributed by atoms with Crippen molar-refractivity contribution in [3.8, 4) is 46.5 Å². The number of benzene rings is 4. The highest BCUT2D eigenvalue weighted by molar-refractivity contribution is 6.03. The van der Waals surface area contributed by atoms with E-state index in [0.717, 1.165) is 44.2 Å². The van der Waals surface area contributed by atoms with Crippen molar-refractivity contribution < 1.29 is 56.0 Å². The summed E-state index contributed by atoms with van der Waals surface area (Å²) in [6, 6.07) is 16.0. The quantitative estimate of drug-likeness (QED) is 0.0331. The van der Waals surface area contributed by atoms with Crippen molar-refractivity contribution in [1.29, 1.82) is 0 Å². The van der Waals surface area contributed by atoms with Gasteiger partial charge in [0.1, 0.15) is 52.4 Å². The molecular formula is C64H74F5N9O7. The third kappa shape index (κ3) is 14.4. The van der Waals surface area contributed by atoms with Crippen LogP contribution in [0.25, 0.3) is 44.1 Å². The number of amides is 3. The number of fused-ring (bicyclic) bond motifs is 4. The number of rotatable bonds is 17. The van der Waals surface area contributed by atoms with Gasteiger partial charge in [0, 0.05) is 87.1 Å². The summed E-state index contributed by atoms with van der Waals surface area (Å²) in [7, 11) is 0. The Hall–Kier alpha value is -7.51. The molecule has 6 unspecified atom stereocenters. The molecule has 16 nitrogen and oxygen atoms in total. The van der Waals surface area contributed by atoms with E-state index >= 15 is 4.39 Å². The van der Waals surface area contributed by atoms with Crippen LogP contribution in [0.5, 0.6) is 11.8 Å². The zero-order chi connectivity index (χ0) is 60.7. The first-order chi connectivity index (χ1) is 40.7. The number of β-amino-alcohol motifs (C(OH)–C–C–N with tert-alkyl or cyclic N) is 1. The maximum atomic E-state index is 16.9. The lowest BCUT2D eigenvalue weighted by molar-refractivity contribution is -0.137. The number of aliphatic hydroxyl groups is 1. The van der Waals surface area contributed by atoms with E-state index in [9.17, 15) is 42.2 Å². The summed E-state index contributed by atoms with van der Waals surface area (Å²) >= 11 is 0. The third-order valence-electron chi connectivity index (χ3n) is 16.5. The number of carbonyl (C=O) groups is 3. The number of phenolic OH excluding ortho intramolecular Hbond substituents is 1. The zero-order valence-electron chi connectivity index (χ0n) is 48.5. The van der Waals surface area contributed by atoms with Gasteiger partial charge in [0.25, 0.3) is 0 Å². The number of halogens is 5. The molecule has 0 spiro atoms. The molecule has 11 rings (SSSR count). The smallest absolute Gasteiger partial charge is 0.319 e. The van der Waals surface area contributed by atoms with Gasteiger partial charge in [-0.25, -0.2) is 22.0 Å². The molecule has 1 saturated carbocycles. The van der Waals surface area contributed by atoms with Crippen LogP contribution >= 0.6 is 0 Å². The van der Waals surface area contributed by atoms with Crippen molar-refractivity contribution in [2.45, 2.75) is 122 Å². The fraction of sp³-hybridized carbons (Fsp3) is 0.469. The van der Waals surface area contributed by atoms with Gasteiger partial charge in [0.15, 0.2) is 5.82 Å². The molecule has 4 aromatic carbocycles. The predicted molar refractivity (Wildman–Crippen MR) is 314 cm³/mol. The van der Waals surface area contributed by atoms with Gasteiger partial charge in [-0.15, -0.1) is 6.42 Å². The summed E-state index contributed by atoms with van der Waals surface area (Å²) in [5.74, 6) is 0.0991. The van der Waals surface area contributed by atoms with E-state index in [1.54, 1.807) is 29.2 Å². The molecule has 6 aromatic rings. The van der Waals surface area contributed by atoms with Crippen molar-refractivity contribution in [2.24, 2.45) is 10.8 Å². The maximum Gasteiger partial charge on any atom is 0.319 e. The number of ether oxygens (including phenoxy) is 2. The van der Waals surface area contributed by atoms with Gasteiger partial charge in [0.05, 0.1) is 41.4 Å². The lowest BCUT2D eigenvalue weighted by Gasteiger charge is -2.36. The maximum absolute atomic E-state index is 16.9. The number of aromatic hydroxyl groups is 1. The number of carbonyl (C=O) groups excluding carboxylic acids is 3. The Morgan fingerprint density at radius 3 is 2.24 bits per heavy atom. The Kier molecular flexibility index (Phi) is 19.6. The summed E-state index contributed by atoms with van der Waals surface area (Å²) in [6.45, 7) is 14.5. The predicted octanol–water partition coefficient (Wildman–Crippen LogP) is 8.93. The SMILES string of the molecule is C#Cc1c(F)ccc2cc(O)cc(-c3ncc4c(N5CC6CC[C@@H](C5)N6)nc(OCC5(CN6CCC(OCCC)C(F)C6)CC5)nc4c3F)c12.CC(C)(C)C(NC=O)C(=O)N1CCC(O)C1.CC(NC=O)c1ccc(-c2c(F)cccc2F)cc1. The fourth-order valence-electron chi connectivity index (χ4n) is 11.8. The molecule has 1 aliphatic carbocycles. The molecule has 6 heterocycles. The minimum Gasteiger partial charge on any atom is -0.508 e. The number of hydrogen-bond donors (Lipinski definition) is 5. The van der Waals surface area contributed by atoms with Crippen LogP contribution in [0.3, 0.4) is 0 Å². The number of hydrogen-bond acceptors (Lipinski definition) is 13. The molecule has 2 bridgehead atoms. The second-order valence-corrected chi connectivity index (χ2v) is 24.0. The molecule has 4 aliphatic heterocycles. The van der Waals surface area contributed by atoms with Crippen molar-refractivity contribution in [3.05, 3.63) is 107 Å². The van der Waals surface area contributed by atoms with E-state index < -0.39 is 41.6 Å². The number of terminal acetylenes is 1. The molecular weight excluding hydrogens is 1100 g/mol. The molecule has 5 N–H and O–H groups in total. The average molecular weight is 1180 g/mol. The minimum absolute atomic E-state index is 0.00954. The second kappa shape index (κ2) is 26.8. The van der Waals surface area contributed by atoms with Crippen molar-refractivity contribution in [1.82, 2.24) is 40.7 Å². The first kappa shape index (κ1) is 62.0. The fourth-order valence-corrected chi connectivity index (χ4v) is 11.8. The van der Waals surface area contributed by atoms with Crippen LogP contribution in [0.1, 0.15) is 96.7 Å². The number of piperazine rings is 1. The molecule has 7 atom stereocenters. The van der Waals surface area contributed by atoms with E-state index in [2.05, 4.69) is 41.6 Å². The van der Waals surface area contributed by atoms with Crippen molar-refractivity contribution in [3.63, 3.8) is 0 Å². The Bertz CT molecular complexity index is 3380. The molecule has 0 radical (unpaired) electrons. The number of alkyl halides is 1. The van der Waals surface area contributed by atoms with Crippen LogP contribution in [0, 0.1) is 46.4 Å². The van der Waals surface area contributed by atoms with Crippen LogP contribution < -0.4 is 25.6 Å². The number of phenols is 1. The molecule has 452 valence electrons. The number of nitrogens with one attached hydrogen (secondary N) is 3. The Morgan fingerprint density at radius 1 is 0.918 bits per heavy atom. The molecule has 21 heteroatoms. The van der Waals surface area contributed by atoms with E-state index in [0.29, 0.717) is 112 Å². The minimum atomic E-state index is -1.03. The summed E-state index contributed by atoms with van der Waals surface area (Å²) in [6.07, 6.45) is 12.7. The third-order valence-corrected chi connectivity index (χ3v) is 16.5. The number of likely N-dealkylation sites (tertiary alicyclic amines) is 2. The Balaban J connectivity index is 0.000000201. The number of nitrogens with zero attached hydrogens (tertiary/aromatic N) is 6. The van der Waals surface area contributed by atoms with E-state index in [-0.39, 0.29) is 73.9 Å². The van der Waals surface area contributed by atoms with Gasteiger partial charge in [-0.2, -0.15) is 9.97 Å². The largest absolute Gasteiger partial charge is 0.508 e. The summed E-state index contributed by atoms with van der Waals surface area (Å²) < 4.78 is 86.0. The van der Waals surface area contributed by atoms with E-state index in [1.807, 2.05) is 34.6 Å². The summed E-state index contributed by atoms with van der Waals surface area (Å²) in [5, 5.41) is 29.9. The highest BCUT2D eigenvalue weighted by atomic mass is 19.1. The summed E-state index contributed by atoms with van der Waals surface area (Å²) in [4.78, 5) is 52.9.